The van der Waals surface area contributed by atoms with Gasteiger partial charge in [-0.1, -0.05) is 6.42 Å². The Bertz CT molecular complexity index is 1040. The number of nitrogens with two attached hydrogens (primary N) is 1. The summed E-state index contributed by atoms with van der Waals surface area (Å²) in [7, 11) is 0. The fourth-order valence-electron chi connectivity index (χ4n) is 3.15. The Labute approximate surface area is 219 Å². The van der Waals surface area contributed by atoms with Crippen molar-refractivity contribution >= 4 is 23.7 Å². The Kier molecular flexibility index (Phi) is 10.9. The Balaban J connectivity index is 3.06. The van der Waals surface area contributed by atoms with E-state index < -0.39 is 76.9 Å². The van der Waals surface area contributed by atoms with Crippen molar-refractivity contribution < 1.29 is 60.4 Å². The lowest BCUT2D eigenvalue weighted by molar-refractivity contribution is -0.262. The number of halogens is 6. The highest BCUT2D eigenvalue weighted by Crippen LogP contribution is 2.39. The number of anilines is 1. The van der Waals surface area contributed by atoms with E-state index in [1.165, 1.54) is 27.7 Å². The van der Waals surface area contributed by atoms with Crippen molar-refractivity contribution in [3.8, 4) is 5.88 Å². The highest BCUT2D eigenvalue weighted by Gasteiger charge is 2.59. The van der Waals surface area contributed by atoms with Crippen LogP contribution in [0.15, 0.2) is 6.07 Å². The molecule has 1 rings (SSSR count). The van der Waals surface area contributed by atoms with Gasteiger partial charge in [-0.3, -0.25) is 15.5 Å². The van der Waals surface area contributed by atoms with Crippen molar-refractivity contribution in [3.63, 3.8) is 0 Å². The molecule has 0 aliphatic heterocycles. The number of rotatable bonds is 11. The fourth-order valence-corrected chi connectivity index (χ4v) is 3.15. The van der Waals surface area contributed by atoms with E-state index in [4.69, 9.17) is 20.4 Å². The number of hydrogen-bond donors (Lipinski definition) is 5. The van der Waals surface area contributed by atoms with Gasteiger partial charge in [0, 0.05) is 0 Å². The lowest BCUT2D eigenvalue weighted by Crippen LogP contribution is -2.52. The predicted octanol–water partition coefficient (Wildman–Crippen LogP) is 4.15. The third kappa shape index (κ3) is 9.72. The van der Waals surface area contributed by atoms with Gasteiger partial charge in [0.2, 0.25) is 5.88 Å². The summed E-state index contributed by atoms with van der Waals surface area (Å²) in [5, 5.41) is 20.1. The largest absolute Gasteiger partial charge is 0.479 e. The molecule has 0 aromatic carbocycles. The summed E-state index contributed by atoms with van der Waals surface area (Å²) in [4.78, 5) is 38.7. The molecule has 1 heterocycles. The average molecular weight is 576 g/mol. The molecule has 0 fully saturated rings. The van der Waals surface area contributed by atoms with E-state index >= 15 is 0 Å². The van der Waals surface area contributed by atoms with E-state index in [1.54, 1.807) is 5.43 Å². The van der Waals surface area contributed by atoms with Crippen LogP contribution in [0.1, 0.15) is 75.9 Å². The maximum Gasteiger partial charge on any atom is 0.428 e. The number of nitrogens with one attached hydrogen (secondary N) is 2. The highest BCUT2D eigenvalue weighted by molar-refractivity contribution is 6.01. The normalized spacial score (nSPS) is 14.7. The number of carboxylic acids is 1. The molecule has 2 unspecified atom stereocenters. The fraction of sp³-hybridized carbons (Fsp3) is 0.636. The molecule has 0 saturated carbocycles. The van der Waals surface area contributed by atoms with Crippen LogP contribution >= 0.6 is 0 Å². The first-order valence-corrected chi connectivity index (χ1v) is 11.4. The van der Waals surface area contributed by atoms with Crippen molar-refractivity contribution in [3.05, 3.63) is 17.3 Å². The monoisotopic (exact) mass is 576 g/mol. The Hall–Kier alpha value is -3.34. The molecule has 0 spiro atoms. The number of amides is 2. The summed E-state index contributed by atoms with van der Waals surface area (Å²) in [5.41, 5.74) is -6.10. The molecule has 2 atom stereocenters. The van der Waals surface area contributed by atoms with Crippen LogP contribution in [0.3, 0.4) is 0 Å². The van der Waals surface area contributed by atoms with Gasteiger partial charge >= 0.3 is 24.4 Å². The summed E-state index contributed by atoms with van der Waals surface area (Å²) in [6.45, 7) is 5.84. The molecule has 0 saturated heterocycles. The van der Waals surface area contributed by atoms with E-state index in [0.717, 1.165) is 0 Å². The van der Waals surface area contributed by atoms with Crippen LogP contribution in [-0.2, 0) is 15.7 Å². The number of pyridine rings is 1. The first-order chi connectivity index (χ1) is 17.6. The van der Waals surface area contributed by atoms with Gasteiger partial charge in [0.25, 0.3) is 11.5 Å². The number of aliphatic hydroxyl groups is 1. The molecule has 17 heteroatoms. The van der Waals surface area contributed by atoms with Gasteiger partial charge in [0.05, 0.1) is 11.8 Å². The van der Waals surface area contributed by atoms with Gasteiger partial charge in [-0.25, -0.2) is 20.4 Å². The Morgan fingerprint density at radius 1 is 1.08 bits per heavy atom. The second kappa shape index (κ2) is 12.7. The minimum atomic E-state index is -5.40. The number of carboxylic acid groups (broad SMARTS) is 1. The highest BCUT2D eigenvalue weighted by atomic mass is 19.4. The van der Waals surface area contributed by atoms with Gasteiger partial charge in [-0.15, -0.1) is 0 Å². The lowest BCUT2D eigenvalue weighted by atomic mass is 9.95. The molecular formula is C22H30F6N4O7. The molecule has 1 aromatic rings. The molecule has 0 aliphatic rings. The zero-order valence-electron chi connectivity index (χ0n) is 21.4. The van der Waals surface area contributed by atoms with Crippen LogP contribution in [-0.4, -0.2) is 56.6 Å². The molecule has 1 aromatic heterocycles. The summed E-state index contributed by atoms with van der Waals surface area (Å²) in [6.07, 6.45) is -14.0. The van der Waals surface area contributed by atoms with Gasteiger partial charge in [-0.05, 0) is 59.4 Å². The summed E-state index contributed by atoms with van der Waals surface area (Å²) in [6, 6.07) is 0.410. The number of aromatic nitrogens is 1. The zero-order chi connectivity index (χ0) is 30.4. The molecule has 222 valence electrons. The maximum absolute atomic E-state index is 13.8. The maximum atomic E-state index is 13.8. The van der Waals surface area contributed by atoms with E-state index in [2.05, 4.69) is 4.98 Å². The first kappa shape index (κ1) is 33.7. The van der Waals surface area contributed by atoms with Gasteiger partial charge in [0.15, 0.2) is 5.69 Å². The molecule has 0 radical (unpaired) electrons. The van der Waals surface area contributed by atoms with Gasteiger partial charge in [0.1, 0.15) is 11.2 Å². The molecule has 6 N–H and O–H groups in total. The van der Waals surface area contributed by atoms with Crippen LogP contribution in [0.25, 0.3) is 0 Å². The second-order valence-electron chi connectivity index (χ2n) is 9.53. The third-order valence-corrected chi connectivity index (χ3v) is 5.06. The second-order valence-corrected chi connectivity index (χ2v) is 9.53. The van der Waals surface area contributed by atoms with Crippen LogP contribution in [0.5, 0.6) is 5.88 Å². The molecule has 11 nitrogen and oxygen atoms in total. The third-order valence-electron chi connectivity index (χ3n) is 5.06. The quantitative estimate of drug-likeness (QED) is 0.0853. The summed E-state index contributed by atoms with van der Waals surface area (Å²) >= 11 is 0. The van der Waals surface area contributed by atoms with Crippen LogP contribution < -0.4 is 21.3 Å². The lowest BCUT2D eigenvalue weighted by Gasteiger charge is -2.26. The molecular weight excluding hydrogens is 546 g/mol. The number of nitrogens with zero attached hydrogens (tertiary/aromatic N) is 1. The van der Waals surface area contributed by atoms with E-state index in [-0.39, 0.29) is 25.7 Å². The average Bonchev–Trinajstić information content (AvgIpc) is 2.75. The summed E-state index contributed by atoms with van der Waals surface area (Å²) in [5.74, 6) is 0.443. The Morgan fingerprint density at radius 2 is 1.67 bits per heavy atom. The number of hydrogen-bond acceptors (Lipinski definition) is 8. The Morgan fingerprint density at radius 3 is 2.13 bits per heavy atom. The topological polar surface area (TPSA) is 173 Å². The smallest absolute Gasteiger partial charge is 0.428 e. The van der Waals surface area contributed by atoms with E-state index in [9.17, 15) is 45.8 Å². The molecule has 2 amide bonds. The summed E-state index contributed by atoms with van der Waals surface area (Å²) < 4.78 is 90.1. The van der Waals surface area contributed by atoms with Gasteiger partial charge in [-0.2, -0.15) is 26.3 Å². The number of carbonyl (C=O) groups excluding carboxylic acids is 2. The number of unbranched alkanes of at least 4 members (excludes halogenated alkanes) is 2. The minimum Gasteiger partial charge on any atom is -0.479 e. The minimum absolute atomic E-state index is 0.00712. The first-order valence-electron chi connectivity index (χ1n) is 11.4. The molecule has 0 aliphatic carbocycles. The standard InChI is InChI=1S/C22H30F6N4O7/c1-11(8-6-5-7-9-20(37,17(34)35)22(26,27)28)38-16-12(21(23,24)25)10-13(14(31-16)15(33)32-29)30-18(36)39-19(2,3)4/h10-11,37H,5-9,29H2,1-4H3,(H,30,36)(H,32,33)(H,34,35). The molecule has 0 bridgehead atoms. The van der Waals surface area contributed by atoms with Crippen LogP contribution in [0.2, 0.25) is 0 Å². The zero-order valence-corrected chi connectivity index (χ0v) is 21.4. The van der Waals surface area contributed by atoms with Crippen LogP contribution in [0, 0.1) is 0 Å². The van der Waals surface area contributed by atoms with E-state index in [0.29, 0.717) is 6.07 Å². The van der Waals surface area contributed by atoms with Crippen molar-refractivity contribution in [1.82, 2.24) is 10.4 Å². The number of hydrazine groups is 1. The van der Waals surface area contributed by atoms with Crippen molar-refractivity contribution in [1.29, 1.82) is 0 Å². The number of aliphatic carboxylic acids is 1. The number of alkyl halides is 6. The SMILES string of the molecule is CC(CCCCCC(O)(C(=O)O)C(F)(F)F)Oc1nc(C(=O)NN)c(NC(=O)OC(C)(C)C)cc1C(F)(F)F. The number of carbonyl (C=O) groups is 3. The van der Waals surface area contributed by atoms with Gasteiger partial charge < -0.3 is 19.7 Å². The number of ether oxygens (including phenoxy) is 2. The van der Waals surface area contributed by atoms with E-state index in [1.807, 2.05) is 5.32 Å². The number of nitrogen functional groups attached to an aromatic ring is 1. The predicted molar refractivity (Wildman–Crippen MR) is 123 cm³/mol. The van der Waals surface area contributed by atoms with Crippen LogP contribution in [0.4, 0.5) is 36.8 Å². The van der Waals surface area contributed by atoms with Crippen molar-refractivity contribution in [2.75, 3.05) is 5.32 Å². The molecule has 39 heavy (non-hydrogen) atoms. The van der Waals surface area contributed by atoms with Crippen molar-refractivity contribution in [2.24, 2.45) is 5.84 Å². The van der Waals surface area contributed by atoms with Crippen molar-refractivity contribution in [2.45, 2.75) is 89.5 Å².